The van der Waals surface area contributed by atoms with E-state index in [9.17, 15) is 4.79 Å². The first-order valence-corrected chi connectivity index (χ1v) is 6.89. The number of hydrogen-bond acceptors (Lipinski definition) is 5. The summed E-state index contributed by atoms with van der Waals surface area (Å²) in [6.07, 6.45) is 0. The van der Waals surface area contributed by atoms with Crippen LogP contribution in [-0.2, 0) is 16.1 Å². The van der Waals surface area contributed by atoms with E-state index < -0.39 is 5.43 Å². The summed E-state index contributed by atoms with van der Waals surface area (Å²) in [6.45, 7) is 4.23. The number of methoxy groups -OCH3 is 1. The van der Waals surface area contributed by atoms with Gasteiger partial charge >= 0.3 is 5.43 Å². The zero-order chi connectivity index (χ0) is 14.6. The maximum atomic E-state index is 10.2. The second-order valence-electron chi connectivity index (χ2n) is 4.32. The molecule has 112 valence electrons. The average Bonchev–Trinajstić information content (AvgIpc) is 2.48. The SMILES string of the molecule is COC[C@H]1CNCCN1.O=C(Cl)OCc1ccccc1. The normalized spacial score (nSPS) is 17.8. The van der Waals surface area contributed by atoms with Crippen molar-refractivity contribution in [3.05, 3.63) is 35.9 Å². The number of piperazine rings is 1. The van der Waals surface area contributed by atoms with Gasteiger partial charge in [-0.1, -0.05) is 30.3 Å². The maximum absolute atomic E-state index is 10.2. The summed E-state index contributed by atoms with van der Waals surface area (Å²) >= 11 is 4.97. The molecule has 1 aromatic carbocycles. The van der Waals surface area contributed by atoms with Gasteiger partial charge in [-0.05, 0) is 5.56 Å². The molecule has 1 heterocycles. The van der Waals surface area contributed by atoms with Crippen molar-refractivity contribution in [2.24, 2.45) is 0 Å². The second-order valence-corrected chi connectivity index (χ2v) is 4.63. The highest BCUT2D eigenvalue weighted by molar-refractivity contribution is 6.61. The van der Waals surface area contributed by atoms with Crippen LogP contribution >= 0.6 is 11.6 Å². The average molecular weight is 301 g/mol. The summed E-state index contributed by atoms with van der Waals surface area (Å²) in [4.78, 5) is 10.2. The van der Waals surface area contributed by atoms with Crippen LogP contribution in [0.15, 0.2) is 30.3 Å². The second kappa shape index (κ2) is 10.6. The molecule has 1 aliphatic rings. The highest BCUT2D eigenvalue weighted by atomic mass is 35.5. The molecule has 0 aromatic heterocycles. The fraction of sp³-hybridized carbons (Fsp3) is 0.500. The third-order valence-corrected chi connectivity index (χ3v) is 2.80. The Labute approximate surface area is 124 Å². The summed E-state index contributed by atoms with van der Waals surface area (Å²) in [5.74, 6) is 0. The number of halogens is 1. The van der Waals surface area contributed by atoms with Gasteiger partial charge < -0.3 is 20.1 Å². The van der Waals surface area contributed by atoms with Gasteiger partial charge in [-0.25, -0.2) is 4.79 Å². The van der Waals surface area contributed by atoms with E-state index >= 15 is 0 Å². The van der Waals surface area contributed by atoms with Crippen molar-refractivity contribution in [1.82, 2.24) is 10.6 Å². The molecule has 6 heteroatoms. The smallest absolute Gasteiger partial charge is 0.404 e. The van der Waals surface area contributed by atoms with E-state index in [2.05, 4.69) is 15.4 Å². The number of rotatable bonds is 4. The number of benzene rings is 1. The zero-order valence-corrected chi connectivity index (χ0v) is 12.4. The Morgan fingerprint density at radius 1 is 1.35 bits per heavy atom. The highest BCUT2D eigenvalue weighted by Crippen LogP contribution is 2.01. The van der Waals surface area contributed by atoms with E-state index in [4.69, 9.17) is 16.3 Å². The van der Waals surface area contributed by atoms with Crippen molar-refractivity contribution in [2.75, 3.05) is 33.4 Å². The third-order valence-electron chi connectivity index (χ3n) is 2.69. The molecular weight excluding hydrogens is 280 g/mol. The summed E-state index contributed by atoms with van der Waals surface area (Å²) in [7, 11) is 1.73. The Balaban J connectivity index is 0.000000204. The van der Waals surface area contributed by atoms with E-state index in [0.717, 1.165) is 31.8 Å². The Morgan fingerprint density at radius 2 is 2.10 bits per heavy atom. The van der Waals surface area contributed by atoms with Gasteiger partial charge in [0, 0.05) is 44.4 Å². The number of ether oxygens (including phenoxy) is 2. The van der Waals surface area contributed by atoms with Crippen LogP contribution in [0.5, 0.6) is 0 Å². The summed E-state index contributed by atoms with van der Waals surface area (Å²) < 4.78 is 9.53. The molecule has 2 N–H and O–H groups in total. The number of carbonyl (C=O) groups excluding carboxylic acids is 1. The van der Waals surface area contributed by atoms with Crippen LogP contribution in [0.1, 0.15) is 5.56 Å². The van der Waals surface area contributed by atoms with Crippen LogP contribution < -0.4 is 10.6 Å². The van der Waals surface area contributed by atoms with Crippen LogP contribution in [0.25, 0.3) is 0 Å². The molecule has 1 saturated heterocycles. The van der Waals surface area contributed by atoms with Gasteiger partial charge in [-0.3, -0.25) is 0 Å². The fourth-order valence-corrected chi connectivity index (χ4v) is 1.80. The van der Waals surface area contributed by atoms with Gasteiger partial charge in [0.1, 0.15) is 6.61 Å². The Hall–Kier alpha value is -1.14. The topological polar surface area (TPSA) is 59.6 Å². The molecular formula is C14H21ClN2O3. The van der Waals surface area contributed by atoms with E-state index in [0.29, 0.717) is 6.04 Å². The zero-order valence-electron chi connectivity index (χ0n) is 11.6. The molecule has 5 nitrogen and oxygen atoms in total. The van der Waals surface area contributed by atoms with E-state index in [1.54, 1.807) is 7.11 Å². The minimum Gasteiger partial charge on any atom is -0.449 e. The monoisotopic (exact) mass is 300 g/mol. The van der Waals surface area contributed by atoms with Gasteiger partial charge in [0.25, 0.3) is 0 Å². The van der Waals surface area contributed by atoms with Crippen LogP contribution in [0.4, 0.5) is 4.79 Å². The lowest BCUT2D eigenvalue weighted by molar-refractivity contribution is 0.159. The lowest BCUT2D eigenvalue weighted by Crippen LogP contribution is -2.50. The first-order chi connectivity index (χ1) is 9.72. The highest BCUT2D eigenvalue weighted by Gasteiger charge is 2.09. The molecule has 20 heavy (non-hydrogen) atoms. The largest absolute Gasteiger partial charge is 0.449 e. The predicted molar refractivity (Wildman–Crippen MR) is 79.0 cm³/mol. The number of hydrogen-bond donors (Lipinski definition) is 2. The van der Waals surface area contributed by atoms with Crippen molar-refractivity contribution in [3.8, 4) is 0 Å². The molecule has 0 amide bonds. The predicted octanol–water partition coefficient (Wildman–Crippen LogP) is 1.76. The standard InChI is InChI=1S/C8H7ClO2.C6H14N2O/c9-8(10)11-6-7-4-2-1-3-5-7;1-9-5-6-4-7-2-3-8-6/h1-5H,6H2;6-8H,2-5H2,1H3/t;6-/m.1/s1. The Morgan fingerprint density at radius 3 is 2.65 bits per heavy atom. The van der Waals surface area contributed by atoms with Crippen LogP contribution in [-0.4, -0.2) is 44.8 Å². The molecule has 0 unspecified atom stereocenters. The fourth-order valence-electron chi connectivity index (χ4n) is 1.75. The number of nitrogens with one attached hydrogen (secondary N) is 2. The lowest BCUT2D eigenvalue weighted by atomic mass is 10.2. The van der Waals surface area contributed by atoms with Crippen LogP contribution in [0.2, 0.25) is 0 Å². The summed E-state index contributed by atoms with van der Waals surface area (Å²) in [6, 6.07) is 9.88. The number of carbonyl (C=O) groups is 1. The lowest BCUT2D eigenvalue weighted by Gasteiger charge is -2.23. The van der Waals surface area contributed by atoms with E-state index in [1.165, 1.54) is 0 Å². The van der Waals surface area contributed by atoms with Gasteiger partial charge in [0.2, 0.25) is 0 Å². The van der Waals surface area contributed by atoms with Gasteiger partial charge in [0.15, 0.2) is 0 Å². The first kappa shape index (κ1) is 16.9. The molecule has 0 saturated carbocycles. The Bertz CT molecular complexity index is 367. The summed E-state index contributed by atoms with van der Waals surface area (Å²) in [5.41, 5.74) is 0.162. The van der Waals surface area contributed by atoms with Gasteiger partial charge in [-0.2, -0.15) is 0 Å². The molecule has 1 aromatic rings. The van der Waals surface area contributed by atoms with E-state index in [-0.39, 0.29) is 6.61 Å². The van der Waals surface area contributed by atoms with Crippen LogP contribution in [0, 0.1) is 0 Å². The third kappa shape index (κ3) is 8.12. The molecule has 2 rings (SSSR count). The minimum absolute atomic E-state index is 0.239. The quantitative estimate of drug-likeness (QED) is 0.830. The molecule has 1 aliphatic heterocycles. The van der Waals surface area contributed by atoms with Crippen molar-refractivity contribution in [3.63, 3.8) is 0 Å². The van der Waals surface area contributed by atoms with Crippen molar-refractivity contribution < 1.29 is 14.3 Å². The molecule has 0 spiro atoms. The minimum atomic E-state index is -0.770. The molecule has 0 bridgehead atoms. The molecule has 1 fully saturated rings. The van der Waals surface area contributed by atoms with Crippen LogP contribution in [0.3, 0.4) is 0 Å². The first-order valence-electron chi connectivity index (χ1n) is 6.51. The maximum Gasteiger partial charge on any atom is 0.404 e. The van der Waals surface area contributed by atoms with Crippen molar-refractivity contribution in [1.29, 1.82) is 0 Å². The molecule has 0 aliphatic carbocycles. The summed E-state index contributed by atoms with van der Waals surface area (Å²) in [5, 5.41) is 6.61. The van der Waals surface area contributed by atoms with Gasteiger partial charge in [-0.15, -0.1) is 0 Å². The molecule has 0 radical (unpaired) electrons. The Kier molecular flexibility index (Phi) is 8.98. The van der Waals surface area contributed by atoms with E-state index in [1.807, 2.05) is 30.3 Å². The van der Waals surface area contributed by atoms with Crippen molar-refractivity contribution in [2.45, 2.75) is 12.6 Å². The van der Waals surface area contributed by atoms with Crippen molar-refractivity contribution >= 4 is 17.0 Å². The molecule has 1 atom stereocenters. The van der Waals surface area contributed by atoms with Gasteiger partial charge in [0.05, 0.1) is 6.61 Å².